The van der Waals surface area contributed by atoms with Gasteiger partial charge < -0.3 is 5.11 Å². The number of Topliss-reactive ketones (excluding diaryl/α,β-unsaturated/α-hetero) is 1. The fourth-order valence-electron chi connectivity index (χ4n) is 2.03. The number of hydrogen-bond acceptors (Lipinski definition) is 2. The molecule has 0 saturated heterocycles. The Labute approximate surface area is 119 Å². The van der Waals surface area contributed by atoms with E-state index in [0.717, 1.165) is 16.7 Å². The smallest absolute Gasteiger partial charge is 0.191 e. The molecule has 0 aromatic heterocycles. The van der Waals surface area contributed by atoms with Gasteiger partial charge in [0.2, 0.25) is 0 Å². The van der Waals surface area contributed by atoms with Gasteiger partial charge in [-0.3, -0.25) is 4.79 Å². The molecule has 1 N–H and O–H groups in total. The molecule has 2 heteroatoms. The van der Waals surface area contributed by atoms with Gasteiger partial charge in [-0.2, -0.15) is 0 Å². The zero-order valence-electron chi connectivity index (χ0n) is 11.5. The lowest BCUT2D eigenvalue weighted by Crippen LogP contribution is -2.20. The molecule has 1 atom stereocenters. The Hall–Kier alpha value is -2.19. The number of carbonyl (C=O) groups is 1. The molecule has 0 aliphatic heterocycles. The summed E-state index contributed by atoms with van der Waals surface area (Å²) in [5.41, 5.74) is 3.33. The van der Waals surface area contributed by atoms with Gasteiger partial charge in [-0.15, -0.1) is 0 Å². The minimum Gasteiger partial charge on any atom is -0.385 e. The van der Waals surface area contributed by atoms with Crippen molar-refractivity contribution in [2.75, 3.05) is 0 Å². The van der Waals surface area contributed by atoms with Crippen LogP contribution in [0.4, 0.5) is 0 Å². The molecule has 1 unspecified atom stereocenters. The van der Waals surface area contributed by atoms with Crippen LogP contribution in [0, 0.1) is 6.92 Å². The topological polar surface area (TPSA) is 37.3 Å². The molecule has 0 spiro atoms. The fourth-order valence-corrected chi connectivity index (χ4v) is 2.03. The highest BCUT2D eigenvalue weighted by atomic mass is 16.3. The van der Waals surface area contributed by atoms with E-state index in [1.807, 2.05) is 49.4 Å². The van der Waals surface area contributed by atoms with Crippen molar-refractivity contribution in [1.82, 2.24) is 0 Å². The molecule has 0 bridgehead atoms. The first kappa shape index (κ1) is 14.2. The van der Waals surface area contributed by atoms with Crippen molar-refractivity contribution in [3.05, 3.63) is 77.9 Å². The second-order valence-electron chi connectivity index (χ2n) is 4.92. The second-order valence-corrected chi connectivity index (χ2v) is 4.92. The van der Waals surface area contributed by atoms with Crippen molar-refractivity contribution >= 4 is 11.4 Å². The lowest BCUT2D eigenvalue weighted by molar-refractivity contribution is 0.0757. The number of aryl methyl sites for hydroxylation is 1. The lowest BCUT2D eigenvalue weighted by Gasteiger charge is -2.12. The second kappa shape index (κ2) is 6.31. The average molecular weight is 266 g/mol. The monoisotopic (exact) mass is 266 g/mol. The zero-order valence-corrected chi connectivity index (χ0v) is 11.5. The van der Waals surface area contributed by atoms with Crippen molar-refractivity contribution < 1.29 is 9.90 Å². The van der Waals surface area contributed by atoms with Gasteiger partial charge in [-0.05, 0) is 18.1 Å². The molecule has 2 aromatic rings. The van der Waals surface area contributed by atoms with Crippen LogP contribution in [0.2, 0.25) is 0 Å². The van der Waals surface area contributed by atoms with Crippen molar-refractivity contribution in [1.29, 1.82) is 0 Å². The van der Waals surface area contributed by atoms with Crippen molar-refractivity contribution in [2.24, 2.45) is 0 Å². The van der Waals surface area contributed by atoms with Crippen LogP contribution in [-0.2, 0) is 0 Å². The Balaban J connectivity index is 2.05. The predicted molar refractivity (Wildman–Crippen MR) is 81.6 cm³/mol. The first-order chi connectivity index (χ1) is 9.58. The highest BCUT2D eigenvalue weighted by molar-refractivity contribution is 6.00. The van der Waals surface area contributed by atoms with E-state index in [2.05, 4.69) is 6.58 Å². The van der Waals surface area contributed by atoms with E-state index in [4.69, 9.17) is 0 Å². The Morgan fingerprint density at radius 3 is 2.25 bits per heavy atom. The standard InChI is InChI=1S/C18H18O2/c1-13-8-10-16(11-9-13)18(20)17(19)12-14(2)15-6-4-3-5-7-15/h3-11,17,19H,2,12H2,1H3. The van der Waals surface area contributed by atoms with Gasteiger partial charge in [0.05, 0.1) is 0 Å². The third kappa shape index (κ3) is 3.43. The number of ketones is 1. The van der Waals surface area contributed by atoms with E-state index in [-0.39, 0.29) is 12.2 Å². The summed E-state index contributed by atoms with van der Waals surface area (Å²) in [6.07, 6.45) is -0.804. The minimum absolute atomic E-state index is 0.247. The summed E-state index contributed by atoms with van der Waals surface area (Å²) in [7, 11) is 0. The SMILES string of the molecule is C=C(CC(O)C(=O)c1ccc(C)cc1)c1ccccc1. The Morgan fingerprint density at radius 2 is 1.65 bits per heavy atom. The summed E-state index contributed by atoms with van der Waals surface area (Å²) in [6.45, 7) is 5.90. The van der Waals surface area contributed by atoms with E-state index in [1.165, 1.54) is 0 Å². The molecule has 102 valence electrons. The first-order valence-corrected chi connectivity index (χ1v) is 6.60. The van der Waals surface area contributed by atoms with E-state index in [9.17, 15) is 9.90 Å². The Bertz CT molecular complexity index is 597. The summed E-state index contributed by atoms with van der Waals surface area (Å²) < 4.78 is 0. The van der Waals surface area contributed by atoms with Gasteiger partial charge in [0.15, 0.2) is 5.78 Å². The van der Waals surface area contributed by atoms with Crippen molar-refractivity contribution in [2.45, 2.75) is 19.4 Å². The summed E-state index contributed by atoms with van der Waals surface area (Å²) in [5.74, 6) is -0.262. The summed E-state index contributed by atoms with van der Waals surface area (Å²) >= 11 is 0. The molecule has 0 fully saturated rings. The molecule has 0 radical (unpaired) electrons. The number of benzene rings is 2. The van der Waals surface area contributed by atoms with Crippen molar-refractivity contribution in [3.8, 4) is 0 Å². The van der Waals surface area contributed by atoms with Gasteiger partial charge >= 0.3 is 0 Å². The average Bonchev–Trinajstić information content (AvgIpc) is 2.48. The molecular weight excluding hydrogens is 248 g/mol. The van der Waals surface area contributed by atoms with Gasteiger partial charge in [0.25, 0.3) is 0 Å². The van der Waals surface area contributed by atoms with Crippen LogP contribution in [0.1, 0.15) is 27.9 Å². The fraction of sp³-hybridized carbons (Fsp3) is 0.167. The van der Waals surface area contributed by atoms with Gasteiger partial charge in [0.1, 0.15) is 6.10 Å². The number of hydrogen-bond donors (Lipinski definition) is 1. The molecule has 0 aliphatic carbocycles. The maximum Gasteiger partial charge on any atom is 0.191 e. The quantitative estimate of drug-likeness (QED) is 0.839. The van der Waals surface area contributed by atoms with Crippen LogP contribution < -0.4 is 0 Å². The molecule has 0 amide bonds. The highest BCUT2D eigenvalue weighted by Crippen LogP contribution is 2.19. The molecule has 0 saturated carbocycles. The van der Waals surface area contributed by atoms with Crippen LogP contribution in [0.15, 0.2) is 61.2 Å². The normalized spacial score (nSPS) is 11.9. The highest BCUT2D eigenvalue weighted by Gasteiger charge is 2.18. The van der Waals surface area contributed by atoms with E-state index in [0.29, 0.717) is 5.56 Å². The van der Waals surface area contributed by atoms with E-state index in [1.54, 1.807) is 12.1 Å². The number of aliphatic hydroxyl groups excluding tert-OH is 1. The molecule has 2 aromatic carbocycles. The zero-order chi connectivity index (χ0) is 14.5. The maximum absolute atomic E-state index is 12.1. The van der Waals surface area contributed by atoms with E-state index >= 15 is 0 Å². The van der Waals surface area contributed by atoms with Crippen LogP contribution in [0.3, 0.4) is 0 Å². The van der Waals surface area contributed by atoms with Gasteiger partial charge in [-0.1, -0.05) is 66.7 Å². The summed E-state index contributed by atoms with van der Waals surface area (Å²) in [6, 6.07) is 16.8. The molecule has 0 heterocycles. The van der Waals surface area contributed by atoms with E-state index < -0.39 is 6.10 Å². The predicted octanol–water partition coefficient (Wildman–Crippen LogP) is 3.64. The molecule has 2 rings (SSSR count). The largest absolute Gasteiger partial charge is 0.385 e. The van der Waals surface area contributed by atoms with Gasteiger partial charge in [0, 0.05) is 12.0 Å². The maximum atomic E-state index is 12.1. The Morgan fingerprint density at radius 1 is 1.05 bits per heavy atom. The van der Waals surface area contributed by atoms with Crippen LogP contribution in [0.5, 0.6) is 0 Å². The molecule has 0 aliphatic rings. The Kier molecular flexibility index (Phi) is 4.49. The number of aliphatic hydroxyl groups is 1. The van der Waals surface area contributed by atoms with Crippen LogP contribution in [0.25, 0.3) is 5.57 Å². The summed E-state index contributed by atoms with van der Waals surface area (Å²) in [5, 5.41) is 10.1. The molecule has 20 heavy (non-hydrogen) atoms. The summed E-state index contributed by atoms with van der Waals surface area (Å²) in [4.78, 5) is 12.1. The minimum atomic E-state index is -1.05. The molecule has 2 nitrogen and oxygen atoms in total. The lowest BCUT2D eigenvalue weighted by atomic mass is 9.96. The number of rotatable bonds is 5. The first-order valence-electron chi connectivity index (χ1n) is 6.60. The third-order valence-corrected chi connectivity index (χ3v) is 3.26. The van der Waals surface area contributed by atoms with Crippen molar-refractivity contribution in [3.63, 3.8) is 0 Å². The van der Waals surface area contributed by atoms with Gasteiger partial charge in [-0.25, -0.2) is 0 Å². The third-order valence-electron chi connectivity index (χ3n) is 3.26. The van der Waals surface area contributed by atoms with Crippen LogP contribution >= 0.6 is 0 Å². The number of carbonyl (C=O) groups excluding carboxylic acids is 1. The van der Waals surface area contributed by atoms with Crippen LogP contribution in [-0.4, -0.2) is 17.0 Å². The molecular formula is C18H18O2.